The van der Waals surface area contributed by atoms with E-state index in [-0.39, 0.29) is 18.4 Å². The summed E-state index contributed by atoms with van der Waals surface area (Å²) >= 11 is 1.37. The van der Waals surface area contributed by atoms with Crippen LogP contribution in [0.5, 0.6) is 5.75 Å². The Labute approximate surface area is 118 Å². The number of hydrogen-bond donors (Lipinski definition) is 2. The summed E-state index contributed by atoms with van der Waals surface area (Å²) in [5, 5.41) is 7.81. The summed E-state index contributed by atoms with van der Waals surface area (Å²) in [6, 6.07) is 4.88. The second-order valence-corrected chi connectivity index (χ2v) is 5.15. The molecule has 2 aromatic rings. The zero-order valence-electron chi connectivity index (χ0n) is 10.6. The van der Waals surface area contributed by atoms with Crippen molar-refractivity contribution < 1.29 is 14.3 Å². The Kier molecular flexibility index (Phi) is 3.11. The molecule has 1 aliphatic rings. The van der Waals surface area contributed by atoms with Gasteiger partial charge in [-0.15, -0.1) is 11.3 Å². The number of thiazole rings is 1. The second-order valence-electron chi connectivity index (χ2n) is 4.30. The quantitative estimate of drug-likeness (QED) is 0.886. The fourth-order valence-electron chi connectivity index (χ4n) is 1.80. The van der Waals surface area contributed by atoms with Crippen LogP contribution in [-0.4, -0.2) is 23.4 Å². The number of benzene rings is 1. The molecule has 2 N–H and O–H groups in total. The van der Waals surface area contributed by atoms with Crippen LogP contribution in [-0.2, 0) is 4.79 Å². The molecule has 1 aromatic carbocycles. The summed E-state index contributed by atoms with van der Waals surface area (Å²) in [4.78, 5) is 27.4. The maximum absolute atomic E-state index is 12.1. The molecular weight excluding hydrogens is 278 g/mol. The van der Waals surface area contributed by atoms with Gasteiger partial charge in [0.15, 0.2) is 11.7 Å². The largest absolute Gasteiger partial charge is 0.482 e. The molecular formula is C13H11N3O3S. The van der Waals surface area contributed by atoms with E-state index in [1.807, 2.05) is 12.3 Å². The highest BCUT2D eigenvalue weighted by atomic mass is 32.1. The summed E-state index contributed by atoms with van der Waals surface area (Å²) < 4.78 is 5.28. The molecule has 2 heterocycles. The fraction of sp³-hybridized carbons (Fsp3) is 0.154. The first-order chi connectivity index (χ1) is 9.61. The number of aryl methyl sites for hydroxylation is 1. The summed E-state index contributed by atoms with van der Waals surface area (Å²) in [6.45, 7) is 1.82. The Morgan fingerprint density at radius 3 is 3.10 bits per heavy atom. The monoisotopic (exact) mass is 289 g/mol. The molecule has 0 bridgehead atoms. The van der Waals surface area contributed by atoms with Gasteiger partial charge >= 0.3 is 0 Å². The van der Waals surface area contributed by atoms with Crippen LogP contribution in [0.1, 0.15) is 16.1 Å². The van der Waals surface area contributed by atoms with Crippen molar-refractivity contribution in [1.82, 2.24) is 4.98 Å². The predicted molar refractivity (Wildman–Crippen MR) is 75.4 cm³/mol. The van der Waals surface area contributed by atoms with E-state index in [1.54, 1.807) is 18.2 Å². The highest BCUT2D eigenvalue weighted by molar-refractivity contribution is 7.13. The topological polar surface area (TPSA) is 80.3 Å². The van der Waals surface area contributed by atoms with Crippen LogP contribution < -0.4 is 15.4 Å². The molecule has 102 valence electrons. The normalized spacial score (nSPS) is 13.2. The molecule has 0 unspecified atom stereocenters. The molecule has 0 fully saturated rings. The zero-order valence-corrected chi connectivity index (χ0v) is 11.4. The molecule has 0 saturated carbocycles. The van der Waals surface area contributed by atoms with Crippen molar-refractivity contribution in [3.63, 3.8) is 0 Å². The van der Waals surface area contributed by atoms with E-state index in [1.165, 1.54) is 11.3 Å². The number of nitrogens with one attached hydrogen (secondary N) is 2. The van der Waals surface area contributed by atoms with Gasteiger partial charge in [0.25, 0.3) is 11.8 Å². The second kappa shape index (κ2) is 4.93. The van der Waals surface area contributed by atoms with Gasteiger partial charge in [-0.1, -0.05) is 0 Å². The average Bonchev–Trinajstić information content (AvgIpc) is 2.83. The number of amides is 2. The molecule has 7 heteroatoms. The molecule has 1 aromatic heterocycles. The van der Waals surface area contributed by atoms with Gasteiger partial charge in [-0.05, 0) is 25.1 Å². The first-order valence-electron chi connectivity index (χ1n) is 5.92. The number of aromatic nitrogens is 1. The van der Waals surface area contributed by atoms with E-state index in [0.29, 0.717) is 22.1 Å². The number of carbonyl (C=O) groups excluding carboxylic acids is 2. The van der Waals surface area contributed by atoms with Crippen LogP contribution in [0.25, 0.3) is 0 Å². The maximum Gasteiger partial charge on any atom is 0.262 e. The van der Waals surface area contributed by atoms with Gasteiger partial charge < -0.3 is 10.1 Å². The third kappa shape index (κ3) is 2.48. The van der Waals surface area contributed by atoms with Gasteiger partial charge in [0.1, 0.15) is 5.75 Å². The lowest BCUT2D eigenvalue weighted by molar-refractivity contribution is -0.118. The van der Waals surface area contributed by atoms with Crippen LogP contribution in [0.3, 0.4) is 0 Å². The predicted octanol–water partition coefficient (Wildman–Crippen LogP) is 2.03. The Morgan fingerprint density at radius 2 is 2.35 bits per heavy atom. The van der Waals surface area contributed by atoms with E-state index in [2.05, 4.69) is 15.6 Å². The van der Waals surface area contributed by atoms with Crippen LogP contribution in [0, 0.1) is 6.92 Å². The highest BCUT2D eigenvalue weighted by Crippen LogP contribution is 2.29. The van der Waals surface area contributed by atoms with E-state index < -0.39 is 0 Å². The molecule has 2 amide bonds. The summed E-state index contributed by atoms with van der Waals surface area (Å²) in [5.74, 6) is 0.0307. The fourth-order valence-corrected chi connectivity index (χ4v) is 2.48. The molecule has 6 nitrogen and oxygen atoms in total. The minimum absolute atomic E-state index is 0.0379. The van der Waals surface area contributed by atoms with Gasteiger partial charge in [-0.3, -0.25) is 14.9 Å². The minimum atomic E-state index is -0.261. The first-order valence-corrected chi connectivity index (χ1v) is 6.80. The number of hydrogen-bond acceptors (Lipinski definition) is 5. The molecule has 20 heavy (non-hydrogen) atoms. The van der Waals surface area contributed by atoms with Gasteiger partial charge in [-0.2, -0.15) is 0 Å². The molecule has 0 saturated heterocycles. The van der Waals surface area contributed by atoms with Crippen LogP contribution in [0.2, 0.25) is 0 Å². The van der Waals surface area contributed by atoms with Crippen molar-refractivity contribution in [3.8, 4) is 5.75 Å². The van der Waals surface area contributed by atoms with Crippen molar-refractivity contribution in [2.45, 2.75) is 6.92 Å². The van der Waals surface area contributed by atoms with Crippen molar-refractivity contribution in [1.29, 1.82) is 0 Å². The minimum Gasteiger partial charge on any atom is -0.482 e. The van der Waals surface area contributed by atoms with Crippen LogP contribution in [0.15, 0.2) is 23.6 Å². The average molecular weight is 289 g/mol. The highest BCUT2D eigenvalue weighted by Gasteiger charge is 2.18. The van der Waals surface area contributed by atoms with E-state index in [0.717, 1.165) is 5.69 Å². The van der Waals surface area contributed by atoms with Gasteiger partial charge in [0, 0.05) is 10.9 Å². The molecule has 1 aliphatic heterocycles. The maximum atomic E-state index is 12.1. The number of carbonyl (C=O) groups is 2. The Bertz CT molecular complexity index is 696. The third-order valence-corrected chi connectivity index (χ3v) is 3.59. The van der Waals surface area contributed by atoms with Crippen LogP contribution >= 0.6 is 11.3 Å². The van der Waals surface area contributed by atoms with E-state index >= 15 is 0 Å². The molecule has 0 aliphatic carbocycles. The van der Waals surface area contributed by atoms with Gasteiger partial charge in [0.2, 0.25) is 0 Å². The van der Waals surface area contributed by atoms with Crippen molar-refractivity contribution in [2.24, 2.45) is 0 Å². The number of anilines is 2. The van der Waals surface area contributed by atoms with Crippen molar-refractivity contribution in [3.05, 3.63) is 34.8 Å². The smallest absolute Gasteiger partial charge is 0.262 e. The molecule has 0 spiro atoms. The Balaban J connectivity index is 1.80. The van der Waals surface area contributed by atoms with E-state index in [4.69, 9.17) is 4.74 Å². The number of ether oxygens (including phenoxy) is 1. The number of rotatable bonds is 2. The first kappa shape index (κ1) is 12.6. The summed E-state index contributed by atoms with van der Waals surface area (Å²) in [6.07, 6.45) is 0. The standard InChI is InChI=1S/C13H11N3O3S/c1-7-6-20-13(14-7)16-12(18)8-2-3-9-10(4-8)19-5-11(17)15-9/h2-4,6H,5H2,1H3,(H,15,17)(H,14,16,18). The lowest BCUT2D eigenvalue weighted by atomic mass is 10.1. The summed E-state index contributed by atoms with van der Waals surface area (Å²) in [5.41, 5.74) is 1.89. The lowest BCUT2D eigenvalue weighted by Crippen LogP contribution is -2.25. The van der Waals surface area contributed by atoms with Crippen molar-refractivity contribution >= 4 is 34.0 Å². The van der Waals surface area contributed by atoms with Gasteiger partial charge in [0.05, 0.1) is 11.4 Å². The summed E-state index contributed by atoms with van der Waals surface area (Å²) in [7, 11) is 0. The third-order valence-electron chi connectivity index (χ3n) is 2.72. The van der Waals surface area contributed by atoms with Gasteiger partial charge in [-0.25, -0.2) is 4.98 Å². The molecule has 0 atom stereocenters. The van der Waals surface area contributed by atoms with E-state index in [9.17, 15) is 9.59 Å². The number of nitrogens with zero attached hydrogens (tertiary/aromatic N) is 1. The van der Waals surface area contributed by atoms with Crippen molar-refractivity contribution in [2.75, 3.05) is 17.2 Å². The Morgan fingerprint density at radius 1 is 1.50 bits per heavy atom. The zero-order chi connectivity index (χ0) is 14.1. The SMILES string of the molecule is Cc1csc(NC(=O)c2ccc3c(c2)OCC(=O)N3)n1. The Hall–Kier alpha value is -2.41. The molecule has 0 radical (unpaired) electrons. The van der Waals surface area contributed by atoms with Crippen LogP contribution in [0.4, 0.5) is 10.8 Å². The lowest BCUT2D eigenvalue weighted by Gasteiger charge is -2.18. The number of fused-ring (bicyclic) bond motifs is 1. The molecule has 3 rings (SSSR count).